The number of amides is 1. The SMILES string of the molecule is CCNC(=NCc1cccc(C(=O)NCCN(C)C)c1)NCCCOCC1CCOCC1. The summed E-state index contributed by atoms with van der Waals surface area (Å²) in [6, 6.07) is 7.64. The molecule has 0 aliphatic carbocycles. The molecular weight excluding hydrogens is 406 g/mol. The van der Waals surface area contributed by atoms with Crippen LogP contribution in [0.25, 0.3) is 0 Å². The average molecular weight is 448 g/mol. The lowest BCUT2D eigenvalue weighted by molar-refractivity contribution is 0.0203. The molecule has 8 nitrogen and oxygen atoms in total. The molecule has 0 spiro atoms. The summed E-state index contributed by atoms with van der Waals surface area (Å²) in [5, 5.41) is 9.58. The van der Waals surface area contributed by atoms with Gasteiger partial charge in [0, 0.05) is 58.2 Å². The third-order valence-corrected chi connectivity index (χ3v) is 5.25. The van der Waals surface area contributed by atoms with Gasteiger partial charge in [0.15, 0.2) is 5.96 Å². The summed E-state index contributed by atoms with van der Waals surface area (Å²) in [6.07, 6.45) is 3.14. The van der Waals surface area contributed by atoms with Crippen LogP contribution in [-0.4, -0.2) is 83.5 Å². The lowest BCUT2D eigenvalue weighted by Crippen LogP contribution is -2.38. The van der Waals surface area contributed by atoms with Crippen LogP contribution in [0.15, 0.2) is 29.3 Å². The molecule has 1 saturated heterocycles. The highest BCUT2D eigenvalue weighted by Gasteiger charge is 2.13. The van der Waals surface area contributed by atoms with Crippen molar-refractivity contribution in [2.24, 2.45) is 10.9 Å². The molecule has 0 unspecified atom stereocenters. The van der Waals surface area contributed by atoms with Gasteiger partial charge in [-0.15, -0.1) is 0 Å². The first-order chi connectivity index (χ1) is 15.6. The number of hydrogen-bond acceptors (Lipinski definition) is 5. The van der Waals surface area contributed by atoms with Gasteiger partial charge in [0.05, 0.1) is 6.54 Å². The van der Waals surface area contributed by atoms with Gasteiger partial charge in [0.25, 0.3) is 5.91 Å². The number of carbonyl (C=O) groups is 1. The summed E-state index contributed by atoms with van der Waals surface area (Å²) >= 11 is 0. The van der Waals surface area contributed by atoms with E-state index in [1.807, 2.05) is 50.2 Å². The third kappa shape index (κ3) is 10.9. The van der Waals surface area contributed by atoms with Crippen molar-refractivity contribution >= 4 is 11.9 Å². The van der Waals surface area contributed by atoms with Crippen LogP contribution in [0, 0.1) is 5.92 Å². The summed E-state index contributed by atoms with van der Waals surface area (Å²) < 4.78 is 11.2. The van der Waals surface area contributed by atoms with Gasteiger partial charge >= 0.3 is 0 Å². The number of nitrogens with zero attached hydrogens (tertiary/aromatic N) is 2. The minimum atomic E-state index is -0.0523. The van der Waals surface area contributed by atoms with Crippen molar-refractivity contribution in [3.05, 3.63) is 35.4 Å². The Labute approximate surface area is 193 Å². The van der Waals surface area contributed by atoms with E-state index in [4.69, 9.17) is 9.47 Å². The zero-order chi connectivity index (χ0) is 23.0. The first-order valence-electron chi connectivity index (χ1n) is 11.8. The van der Waals surface area contributed by atoms with Crippen molar-refractivity contribution in [1.29, 1.82) is 0 Å². The van der Waals surface area contributed by atoms with Gasteiger partial charge < -0.3 is 30.3 Å². The zero-order valence-corrected chi connectivity index (χ0v) is 20.0. The molecule has 1 aromatic rings. The molecule has 1 fully saturated rings. The highest BCUT2D eigenvalue weighted by atomic mass is 16.5. The first kappa shape index (κ1) is 26.1. The molecule has 0 bridgehead atoms. The van der Waals surface area contributed by atoms with E-state index in [1.54, 1.807) is 0 Å². The van der Waals surface area contributed by atoms with Gasteiger partial charge in [-0.1, -0.05) is 12.1 Å². The van der Waals surface area contributed by atoms with E-state index in [0.29, 0.717) is 24.6 Å². The van der Waals surface area contributed by atoms with Crippen LogP contribution in [0.5, 0.6) is 0 Å². The second-order valence-corrected chi connectivity index (χ2v) is 8.37. The Kier molecular flexibility index (Phi) is 12.7. The Hall–Kier alpha value is -2.16. The molecule has 0 aromatic heterocycles. The second kappa shape index (κ2) is 15.6. The molecular formula is C24H41N5O3. The molecule has 1 heterocycles. The van der Waals surface area contributed by atoms with Crippen LogP contribution in [-0.2, 0) is 16.0 Å². The maximum Gasteiger partial charge on any atom is 0.251 e. The predicted molar refractivity (Wildman–Crippen MR) is 129 cm³/mol. The van der Waals surface area contributed by atoms with Crippen molar-refractivity contribution < 1.29 is 14.3 Å². The van der Waals surface area contributed by atoms with E-state index < -0.39 is 0 Å². The van der Waals surface area contributed by atoms with Gasteiger partial charge in [-0.2, -0.15) is 0 Å². The van der Waals surface area contributed by atoms with Crippen molar-refractivity contribution in [2.45, 2.75) is 32.7 Å². The lowest BCUT2D eigenvalue weighted by Gasteiger charge is -2.21. The molecule has 2 rings (SSSR count). The fraction of sp³-hybridized carbons (Fsp3) is 0.667. The Balaban J connectivity index is 1.72. The number of hydrogen-bond donors (Lipinski definition) is 3. The van der Waals surface area contributed by atoms with Gasteiger partial charge in [-0.05, 0) is 63.9 Å². The van der Waals surface area contributed by atoms with Crippen molar-refractivity contribution in [3.63, 3.8) is 0 Å². The van der Waals surface area contributed by atoms with E-state index >= 15 is 0 Å². The van der Waals surface area contributed by atoms with E-state index in [1.165, 1.54) is 0 Å². The van der Waals surface area contributed by atoms with E-state index in [0.717, 1.165) is 76.8 Å². The van der Waals surface area contributed by atoms with Crippen LogP contribution >= 0.6 is 0 Å². The molecule has 0 atom stereocenters. The Bertz CT molecular complexity index is 690. The summed E-state index contributed by atoms with van der Waals surface area (Å²) in [5.74, 6) is 1.36. The normalized spacial score (nSPS) is 15.1. The number of guanidine groups is 1. The van der Waals surface area contributed by atoms with E-state index in [2.05, 4.69) is 20.9 Å². The molecule has 0 saturated carbocycles. The third-order valence-electron chi connectivity index (χ3n) is 5.25. The fourth-order valence-electron chi connectivity index (χ4n) is 3.36. The van der Waals surface area contributed by atoms with Crippen molar-refractivity contribution in [2.75, 3.05) is 66.7 Å². The van der Waals surface area contributed by atoms with Crippen LogP contribution in [0.2, 0.25) is 0 Å². The maximum atomic E-state index is 12.3. The summed E-state index contributed by atoms with van der Waals surface area (Å²) in [5.41, 5.74) is 1.67. The Morgan fingerprint density at radius 2 is 2.00 bits per heavy atom. The topological polar surface area (TPSA) is 87.2 Å². The molecule has 3 N–H and O–H groups in total. The molecule has 1 aliphatic heterocycles. The second-order valence-electron chi connectivity index (χ2n) is 8.37. The molecule has 8 heteroatoms. The number of ether oxygens (including phenoxy) is 2. The largest absolute Gasteiger partial charge is 0.381 e. The Morgan fingerprint density at radius 3 is 2.75 bits per heavy atom. The molecule has 180 valence electrons. The number of likely N-dealkylation sites (N-methyl/N-ethyl adjacent to an activating group) is 1. The van der Waals surface area contributed by atoms with Gasteiger partial charge in [-0.25, -0.2) is 4.99 Å². The standard InChI is InChI=1S/C24H41N5O3/c1-4-25-24(27-11-6-14-32-19-20-9-15-31-16-10-20)28-18-21-7-5-8-22(17-21)23(30)26-12-13-29(2)3/h5,7-8,17,20H,4,6,9-16,18-19H2,1-3H3,(H,26,30)(H2,25,27,28). The molecule has 1 amide bonds. The number of aliphatic imine (C=N–C) groups is 1. The number of benzene rings is 1. The smallest absolute Gasteiger partial charge is 0.251 e. The molecule has 0 radical (unpaired) electrons. The summed E-state index contributed by atoms with van der Waals surface area (Å²) in [6.45, 7) is 8.89. The molecule has 32 heavy (non-hydrogen) atoms. The highest BCUT2D eigenvalue weighted by molar-refractivity contribution is 5.94. The minimum absolute atomic E-state index is 0.0523. The molecule has 1 aliphatic rings. The van der Waals surface area contributed by atoms with Gasteiger partial charge in [0.2, 0.25) is 0 Å². The van der Waals surface area contributed by atoms with E-state index in [9.17, 15) is 4.79 Å². The lowest BCUT2D eigenvalue weighted by atomic mass is 10.0. The number of carbonyl (C=O) groups excluding carboxylic acids is 1. The predicted octanol–water partition coefficient (Wildman–Crippen LogP) is 1.87. The van der Waals surface area contributed by atoms with Crippen LogP contribution in [0.3, 0.4) is 0 Å². The number of nitrogens with one attached hydrogen (secondary N) is 3. The quantitative estimate of drug-likeness (QED) is 0.243. The summed E-state index contributed by atoms with van der Waals surface area (Å²) in [4.78, 5) is 19.0. The van der Waals surface area contributed by atoms with Crippen LogP contribution < -0.4 is 16.0 Å². The van der Waals surface area contributed by atoms with E-state index in [-0.39, 0.29) is 5.91 Å². The average Bonchev–Trinajstić information content (AvgIpc) is 2.80. The van der Waals surface area contributed by atoms with Crippen molar-refractivity contribution in [1.82, 2.24) is 20.9 Å². The molecule has 1 aromatic carbocycles. The summed E-state index contributed by atoms with van der Waals surface area (Å²) in [7, 11) is 3.97. The van der Waals surface area contributed by atoms with Crippen LogP contribution in [0.4, 0.5) is 0 Å². The number of rotatable bonds is 13. The highest BCUT2D eigenvalue weighted by Crippen LogP contribution is 2.14. The first-order valence-corrected chi connectivity index (χ1v) is 11.8. The zero-order valence-electron chi connectivity index (χ0n) is 20.0. The maximum absolute atomic E-state index is 12.3. The van der Waals surface area contributed by atoms with Crippen molar-refractivity contribution in [3.8, 4) is 0 Å². The fourth-order valence-corrected chi connectivity index (χ4v) is 3.36. The monoisotopic (exact) mass is 447 g/mol. The Morgan fingerprint density at radius 1 is 1.19 bits per heavy atom. The minimum Gasteiger partial charge on any atom is -0.381 e. The van der Waals surface area contributed by atoms with Crippen LogP contribution in [0.1, 0.15) is 42.1 Å². The van der Waals surface area contributed by atoms with Gasteiger partial charge in [-0.3, -0.25) is 4.79 Å². The van der Waals surface area contributed by atoms with Gasteiger partial charge in [0.1, 0.15) is 0 Å².